The number of nitrogens with one attached hydrogen (secondary N) is 1. The van der Waals surface area contributed by atoms with Crippen LogP contribution in [0, 0.1) is 20.8 Å². The van der Waals surface area contributed by atoms with Crippen molar-refractivity contribution >= 4 is 22.8 Å². The molecular formula is C14H23N5S. The summed E-state index contributed by atoms with van der Waals surface area (Å²) in [5, 5.41) is 9.09. The predicted octanol–water partition coefficient (Wildman–Crippen LogP) is 3.43. The number of hydrogen-bond donors (Lipinski definition) is 2. The summed E-state index contributed by atoms with van der Waals surface area (Å²) in [6, 6.07) is 0.176. The average molecular weight is 293 g/mol. The molecule has 0 aliphatic carbocycles. The van der Waals surface area contributed by atoms with E-state index in [0.717, 1.165) is 40.9 Å². The van der Waals surface area contributed by atoms with Crippen molar-refractivity contribution < 1.29 is 0 Å². The monoisotopic (exact) mass is 293 g/mol. The molecule has 110 valence electrons. The molecule has 0 radical (unpaired) electrons. The quantitative estimate of drug-likeness (QED) is 0.886. The van der Waals surface area contributed by atoms with Crippen LogP contribution in [0.2, 0.25) is 0 Å². The lowest BCUT2D eigenvalue weighted by atomic mass is 10.2. The van der Waals surface area contributed by atoms with E-state index in [0.29, 0.717) is 0 Å². The number of aromatic nitrogens is 3. The van der Waals surface area contributed by atoms with Gasteiger partial charge in [0.2, 0.25) is 0 Å². The predicted molar refractivity (Wildman–Crippen MR) is 85.3 cm³/mol. The van der Waals surface area contributed by atoms with E-state index in [4.69, 9.17) is 5.73 Å². The molecule has 0 bridgehead atoms. The molecule has 0 saturated heterocycles. The first-order valence-electron chi connectivity index (χ1n) is 6.97. The van der Waals surface area contributed by atoms with Gasteiger partial charge in [0.1, 0.15) is 5.82 Å². The Balaban J connectivity index is 2.27. The van der Waals surface area contributed by atoms with Gasteiger partial charge in [-0.2, -0.15) is 5.10 Å². The van der Waals surface area contributed by atoms with E-state index >= 15 is 0 Å². The Morgan fingerprint density at radius 1 is 1.30 bits per heavy atom. The van der Waals surface area contributed by atoms with Crippen molar-refractivity contribution in [1.29, 1.82) is 0 Å². The van der Waals surface area contributed by atoms with Gasteiger partial charge in [0.25, 0.3) is 0 Å². The molecule has 3 N–H and O–H groups in total. The highest BCUT2D eigenvalue weighted by atomic mass is 32.1. The summed E-state index contributed by atoms with van der Waals surface area (Å²) in [6.45, 7) is 11.2. The first kappa shape index (κ1) is 14.8. The van der Waals surface area contributed by atoms with Gasteiger partial charge < -0.3 is 11.1 Å². The zero-order chi connectivity index (χ0) is 14.9. The molecule has 0 aliphatic heterocycles. The van der Waals surface area contributed by atoms with Crippen LogP contribution in [0.1, 0.15) is 47.6 Å². The van der Waals surface area contributed by atoms with Gasteiger partial charge in [0, 0.05) is 11.4 Å². The Bertz CT molecular complexity index is 599. The topological polar surface area (TPSA) is 68.8 Å². The van der Waals surface area contributed by atoms with Crippen molar-refractivity contribution in [2.75, 3.05) is 11.1 Å². The fourth-order valence-electron chi connectivity index (χ4n) is 2.34. The number of nitrogens with zero attached hydrogens (tertiary/aromatic N) is 3. The van der Waals surface area contributed by atoms with Gasteiger partial charge in [-0.25, -0.2) is 9.67 Å². The van der Waals surface area contributed by atoms with Crippen molar-refractivity contribution in [2.45, 2.75) is 53.6 Å². The van der Waals surface area contributed by atoms with Crippen LogP contribution in [0.5, 0.6) is 0 Å². The molecule has 0 aromatic carbocycles. The van der Waals surface area contributed by atoms with Gasteiger partial charge in [-0.3, -0.25) is 0 Å². The third-order valence-corrected chi connectivity index (χ3v) is 4.55. The van der Waals surface area contributed by atoms with Crippen molar-refractivity contribution in [3.05, 3.63) is 21.3 Å². The van der Waals surface area contributed by atoms with Gasteiger partial charge in [-0.05, 0) is 34.1 Å². The summed E-state index contributed by atoms with van der Waals surface area (Å²) in [7, 11) is 0. The molecule has 2 aromatic heterocycles. The molecule has 0 amide bonds. The second-order valence-corrected chi connectivity index (χ2v) is 6.35. The number of thiazole rings is 1. The molecule has 0 spiro atoms. The lowest BCUT2D eigenvalue weighted by molar-refractivity contribution is 0.599. The fourth-order valence-corrected chi connectivity index (χ4v) is 3.27. The normalized spacial score (nSPS) is 12.7. The Hall–Kier alpha value is -1.56. The Labute approximate surface area is 124 Å². The zero-order valence-electron chi connectivity index (χ0n) is 12.8. The summed E-state index contributed by atoms with van der Waals surface area (Å²) in [5.41, 5.74) is 8.85. The first-order valence-corrected chi connectivity index (χ1v) is 7.79. The number of hydrogen-bond acceptors (Lipinski definition) is 5. The summed E-state index contributed by atoms with van der Waals surface area (Å²) < 4.78 is 1.96. The molecule has 0 aliphatic rings. The average Bonchev–Trinajstić information content (AvgIpc) is 2.84. The van der Waals surface area contributed by atoms with Gasteiger partial charge >= 0.3 is 0 Å². The molecule has 0 fully saturated rings. The SMILES string of the molecule is CCCn1nc(C)c(N)c1NC(C)c1sc(C)nc1C. The van der Waals surface area contributed by atoms with Crippen molar-refractivity contribution in [1.82, 2.24) is 14.8 Å². The summed E-state index contributed by atoms with van der Waals surface area (Å²) in [6.07, 6.45) is 1.03. The van der Waals surface area contributed by atoms with Crippen LogP contribution in [0.15, 0.2) is 0 Å². The van der Waals surface area contributed by atoms with Crippen LogP contribution in [0.4, 0.5) is 11.5 Å². The van der Waals surface area contributed by atoms with Gasteiger partial charge in [0.15, 0.2) is 0 Å². The molecule has 0 saturated carbocycles. The maximum absolute atomic E-state index is 6.15. The lowest BCUT2D eigenvalue weighted by Gasteiger charge is -2.16. The summed E-state index contributed by atoms with van der Waals surface area (Å²) in [4.78, 5) is 5.74. The molecule has 1 unspecified atom stereocenters. The zero-order valence-corrected chi connectivity index (χ0v) is 13.6. The van der Waals surface area contributed by atoms with Gasteiger partial charge in [-0.15, -0.1) is 11.3 Å². The van der Waals surface area contributed by atoms with Crippen LogP contribution in [0.3, 0.4) is 0 Å². The van der Waals surface area contributed by atoms with Crippen LogP contribution in [-0.4, -0.2) is 14.8 Å². The van der Waals surface area contributed by atoms with Crippen molar-refractivity contribution in [3.8, 4) is 0 Å². The smallest absolute Gasteiger partial charge is 0.148 e. The maximum Gasteiger partial charge on any atom is 0.148 e. The summed E-state index contributed by atoms with van der Waals surface area (Å²) in [5.74, 6) is 0.919. The third-order valence-electron chi connectivity index (χ3n) is 3.30. The minimum atomic E-state index is 0.176. The molecule has 2 aromatic rings. The molecule has 1 atom stereocenters. The molecule has 6 heteroatoms. The van der Waals surface area contributed by atoms with E-state index in [1.54, 1.807) is 11.3 Å². The van der Waals surface area contributed by atoms with Crippen LogP contribution < -0.4 is 11.1 Å². The molecule has 20 heavy (non-hydrogen) atoms. The van der Waals surface area contributed by atoms with E-state index in [2.05, 4.69) is 36.2 Å². The van der Waals surface area contributed by atoms with E-state index in [1.165, 1.54) is 4.88 Å². The Kier molecular flexibility index (Phi) is 4.32. The number of nitrogens with two attached hydrogens (primary N) is 1. The fraction of sp³-hybridized carbons (Fsp3) is 0.571. The van der Waals surface area contributed by atoms with Crippen molar-refractivity contribution in [3.63, 3.8) is 0 Å². The number of rotatable bonds is 5. The first-order chi connectivity index (χ1) is 9.43. The Morgan fingerprint density at radius 2 is 2.00 bits per heavy atom. The second-order valence-electron chi connectivity index (χ2n) is 5.12. The Morgan fingerprint density at radius 3 is 2.55 bits per heavy atom. The van der Waals surface area contributed by atoms with Crippen LogP contribution in [-0.2, 0) is 6.54 Å². The van der Waals surface area contributed by atoms with E-state index < -0.39 is 0 Å². The minimum absolute atomic E-state index is 0.176. The number of nitrogen functional groups attached to an aromatic ring is 1. The van der Waals surface area contributed by atoms with Crippen LogP contribution in [0.25, 0.3) is 0 Å². The number of aryl methyl sites for hydroxylation is 4. The van der Waals surface area contributed by atoms with Crippen LogP contribution >= 0.6 is 11.3 Å². The largest absolute Gasteiger partial charge is 0.394 e. The number of anilines is 2. The molecule has 2 rings (SSSR count). The third kappa shape index (κ3) is 2.80. The molecular weight excluding hydrogens is 270 g/mol. The minimum Gasteiger partial charge on any atom is -0.394 e. The molecule has 2 heterocycles. The van der Waals surface area contributed by atoms with E-state index in [9.17, 15) is 0 Å². The van der Waals surface area contributed by atoms with E-state index in [-0.39, 0.29) is 6.04 Å². The highest BCUT2D eigenvalue weighted by molar-refractivity contribution is 7.11. The standard InChI is InChI=1S/C14H23N5S/c1-6-7-19-14(12(15)8(2)18-19)17-10(4)13-9(3)16-11(5)20-13/h10,17H,6-7,15H2,1-5H3. The lowest BCUT2D eigenvalue weighted by Crippen LogP contribution is -2.13. The maximum atomic E-state index is 6.15. The summed E-state index contributed by atoms with van der Waals surface area (Å²) >= 11 is 1.73. The highest BCUT2D eigenvalue weighted by Gasteiger charge is 2.18. The van der Waals surface area contributed by atoms with E-state index in [1.807, 2.05) is 18.5 Å². The molecule has 5 nitrogen and oxygen atoms in total. The van der Waals surface area contributed by atoms with Gasteiger partial charge in [-0.1, -0.05) is 6.92 Å². The van der Waals surface area contributed by atoms with Crippen molar-refractivity contribution in [2.24, 2.45) is 0 Å². The van der Waals surface area contributed by atoms with Gasteiger partial charge in [0.05, 0.1) is 28.1 Å². The second kappa shape index (κ2) is 5.83. The highest BCUT2D eigenvalue weighted by Crippen LogP contribution is 2.30.